The van der Waals surface area contributed by atoms with Crippen molar-refractivity contribution in [1.29, 1.82) is 0 Å². The van der Waals surface area contributed by atoms with Crippen molar-refractivity contribution in [2.75, 3.05) is 0 Å². The molecule has 0 aliphatic heterocycles. The first-order valence-electron chi connectivity index (χ1n) is 8.21. The minimum atomic E-state index is -0.330. The summed E-state index contributed by atoms with van der Waals surface area (Å²) in [5.41, 5.74) is 9.71. The van der Waals surface area contributed by atoms with E-state index < -0.39 is 0 Å². The van der Waals surface area contributed by atoms with Gasteiger partial charge in [0, 0.05) is 33.3 Å². The molecule has 0 saturated heterocycles. The molecule has 0 aliphatic carbocycles. The molecule has 126 valence electrons. The number of rotatable bonds is 7. The lowest BCUT2D eigenvalue weighted by molar-refractivity contribution is 0.1000. The van der Waals surface area contributed by atoms with Gasteiger partial charge in [0.2, 0.25) is 0 Å². The Bertz CT molecular complexity index is 814. The summed E-state index contributed by atoms with van der Waals surface area (Å²) in [5.74, 6) is -0.330. The summed E-state index contributed by atoms with van der Waals surface area (Å²) in [6.07, 6.45) is 2.97. The van der Waals surface area contributed by atoms with Gasteiger partial charge in [0.1, 0.15) is 0 Å². The highest BCUT2D eigenvalue weighted by Gasteiger charge is 2.24. The molecule has 0 aromatic carbocycles. The fraction of sp³-hybridized carbons (Fsp3) is 0.316. The Morgan fingerprint density at radius 2 is 1.92 bits per heavy atom. The zero-order chi connectivity index (χ0) is 17.1. The molecule has 3 rings (SSSR count). The highest BCUT2D eigenvalue weighted by atomic mass is 32.1. The SMILES string of the molecule is CCCc1c(-c2cccs2)c(C(N)=O)c(C)n1CCc1cccs1. The van der Waals surface area contributed by atoms with Crippen LogP contribution in [0.4, 0.5) is 0 Å². The molecule has 0 radical (unpaired) electrons. The van der Waals surface area contributed by atoms with Crippen LogP contribution in [0.3, 0.4) is 0 Å². The molecule has 0 fully saturated rings. The number of hydrogen-bond donors (Lipinski definition) is 1. The molecule has 0 spiro atoms. The van der Waals surface area contributed by atoms with Gasteiger partial charge in [-0.2, -0.15) is 0 Å². The fourth-order valence-electron chi connectivity index (χ4n) is 3.26. The third-order valence-corrected chi connectivity index (χ3v) is 6.12. The van der Waals surface area contributed by atoms with E-state index in [2.05, 4.69) is 35.1 Å². The van der Waals surface area contributed by atoms with Crippen LogP contribution in [-0.4, -0.2) is 10.5 Å². The van der Waals surface area contributed by atoms with E-state index in [-0.39, 0.29) is 5.91 Å². The fourth-order valence-corrected chi connectivity index (χ4v) is 4.76. The van der Waals surface area contributed by atoms with E-state index in [1.165, 1.54) is 10.6 Å². The second-order valence-corrected chi connectivity index (χ2v) is 7.83. The van der Waals surface area contributed by atoms with Crippen LogP contribution in [0.5, 0.6) is 0 Å². The maximum absolute atomic E-state index is 12.2. The molecule has 2 N–H and O–H groups in total. The van der Waals surface area contributed by atoms with Crippen LogP contribution in [0, 0.1) is 6.92 Å². The quantitative estimate of drug-likeness (QED) is 0.643. The second-order valence-electron chi connectivity index (χ2n) is 5.85. The first kappa shape index (κ1) is 17.0. The molecule has 1 amide bonds. The number of amides is 1. The predicted molar refractivity (Wildman–Crippen MR) is 103 cm³/mol. The number of nitrogens with two attached hydrogens (primary N) is 1. The minimum Gasteiger partial charge on any atom is -0.366 e. The van der Waals surface area contributed by atoms with Crippen molar-refractivity contribution < 1.29 is 4.79 Å². The molecular formula is C19H22N2OS2. The minimum absolute atomic E-state index is 0.330. The molecule has 5 heteroatoms. The molecular weight excluding hydrogens is 336 g/mol. The van der Waals surface area contributed by atoms with Crippen molar-refractivity contribution in [2.45, 2.75) is 39.7 Å². The molecule has 3 aromatic heterocycles. The summed E-state index contributed by atoms with van der Waals surface area (Å²) in [6.45, 7) is 5.08. The first-order valence-corrected chi connectivity index (χ1v) is 9.97. The first-order chi connectivity index (χ1) is 11.6. The number of hydrogen-bond acceptors (Lipinski definition) is 3. The number of carbonyl (C=O) groups excluding carboxylic acids is 1. The Morgan fingerprint density at radius 3 is 2.50 bits per heavy atom. The van der Waals surface area contributed by atoms with Crippen LogP contribution in [-0.2, 0) is 19.4 Å². The second kappa shape index (κ2) is 7.36. The summed E-state index contributed by atoms with van der Waals surface area (Å²) in [4.78, 5) is 14.7. The van der Waals surface area contributed by atoms with Gasteiger partial charge >= 0.3 is 0 Å². The van der Waals surface area contributed by atoms with Gasteiger partial charge in [0.25, 0.3) is 5.91 Å². The standard InChI is InChI=1S/C19H22N2OS2/c1-3-6-15-18(16-8-5-12-24-16)17(19(20)22)13(2)21(15)10-9-14-7-4-11-23-14/h4-5,7-8,11-12H,3,6,9-10H2,1-2H3,(H2,20,22). The zero-order valence-corrected chi connectivity index (χ0v) is 15.7. The smallest absolute Gasteiger partial charge is 0.251 e. The Morgan fingerprint density at radius 1 is 1.17 bits per heavy atom. The molecule has 0 atom stereocenters. The van der Waals surface area contributed by atoms with Crippen molar-refractivity contribution in [2.24, 2.45) is 5.73 Å². The monoisotopic (exact) mass is 358 g/mol. The van der Waals surface area contributed by atoms with Crippen LogP contribution in [0.1, 0.15) is 40.0 Å². The van der Waals surface area contributed by atoms with Crippen molar-refractivity contribution >= 4 is 28.6 Å². The van der Waals surface area contributed by atoms with Crippen molar-refractivity contribution in [3.63, 3.8) is 0 Å². The molecule has 0 saturated carbocycles. The third-order valence-electron chi connectivity index (χ3n) is 4.29. The van der Waals surface area contributed by atoms with Gasteiger partial charge in [0.05, 0.1) is 5.56 Å². The zero-order valence-electron chi connectivity index (χ0n) is 14.0. The van der Waals surface area contributed by atoms with Crippen molar-refractivity contribution in [3.8, 4) is 10.4 Å². The van der Waals surface area contributed by atoms with Crippen LogP contribution in [0.2, 0.25) is 0 Å². The summed E-state index contributed by atoms with van der Waals surface area (Å²) in [6, 6.07) is 8.35. The van der Waals surface area contributed by atoms with E-state index in [9.17, 15) is 4.79 Å². The normalized spacial score (nSPS) is 11.1. The average Bonchev–Trinajstić information content (AvgIpc) is 3.26. The van der Waals surface area contributed by atoms with Gasteiger partial charge < -0.3 is 10.3 Å². The lowest BCUT2D eigenvalue weighted by atomic mass is 10.0. The number of nitrogens with zero attached hydrogens (tertiary/aromatic N) is 1. The number of aryl methyl sites for hydroxylation is 1. The van der Waals surface area contributed by atoms with Gasteiger partial charge in [-0.05, 0) is 42.7 Å². The maximum atomic E-state index is 12.2. The summed E-state index contributed by atoms with van der Waals surface area (Å²) in [5, 5.41) is 4.16. The average molecular weight is 359 g/mol. The predicted octanol–water partition coefficient (Wildman–Crippen LogP) is 4.88. The molecule has 0 bridgehead atoms. The highest BCUT2D eigenvalue weighted by molar-refractivity contribution is 7.13. The Balaban J connectivity index is 2.09. The van der Waals surface area contributed by atoms with Gasteiger partial charge in [0.15, 0.2) is 0 Å². The van der Waals surface area contributed by atoms with Gasteiger partial charge in [-0.1, -0.05) is 25.5 Å². The lowest BCUT2D eigenvalue weighted by Gasteiger charge is -2.12. The van der Waals surface area contributed by atoms with E-state index in [0.29, 0.717) is 5.56 Å². The van der Waals surface area contributed by atoms with Crippen molar-refractivity contribution in [1.82, 2.24) is 4.57 Å². The number of aromatic nitrogens is 1. The summed E-state index contributed by atoms with van der Waals surface area (Å²) >= 11 is 3.45. The van der Waals surface area contributed by atoms with Crippen molar-refractivity contribution in [3.05, 3.63) is 56.9 Å². The molecule has 3 heterocycles. The van der Waals surface area contributed by atoms with E-state index >= 15 is 0 Å². The van der Waals surface area contributed by atoms with Crippen LogP contribution in [0.25, 0.3) is 10.4 Å². The number of thiophene rings is 2. The Labute approximate surface area is 150 Å². The highest BCUT2D eigenvalue weighted by Crippen LogP contribution is 2.36. The Hall–Kier alpha value is -1.85. The summed E-state index contributed by atoms with van der Waals surface area (Å²) in [7, 11) is 0. The van der Waals surface area contributed by atoms with E-state index in [0.717, 1.165) is 41.9 Å². The molecule has 0 aliphatic rings. The van der Waals surface area contributed by atoms with Gasteiger partial charge in [-0.3, -0.25) is 4.79 Å². The van der Waals surface area contributed by atoms with Gasteiger partial charge in [-0.15, -0.1) is 22.7 Å². The molecule has 3 nitrogen and oxygen atoms in total. The van der Waals surface area contributed by atoms with E-state index in [4.69, 9.17) is 5.73 Å². The number of primary amides is 1. The topological polar surface area (TPSA) is 48.0 Å². The molecule has 0 unspecified atom stereocenters. The molecule has 24 heavy (non-hydrogen) atoms. The Kier molecular flexibility index (Phi) is 5.21. The molecule has 3 aromatic rings. The van der Waals surface area contributed by atoms with Gasteiger partial charge in [-0.25, -0.2) is 0 Å². The van der Waals surface area contributed by atoms with E-state index in [1.807, 2.05) is 18.4 Å². The number of carbonyl (C=O) groups is 1. The summed E-state index contributed by atoms with van der Waals surface area (Å²) < 4.78 is 2.30. The third kappa shape index (κ3) is 3.19. The van der Waals surface area contributed by atoms with E-state index in [1.54, 1.807) is 22.7 Å². The lowest BCUT2D eigenvalue weighted by Crippen LogP contribution is -2.13. The largest absolute Gasteiger partial charge is 0.366 e. The van der Waals surface area contributed by atoms with Crippen LogP contribution in [0.15, 0.2) is 35.0 Å². The maximum Gasteiger partial charge on any atom is 0.251 e. The van der Waals surface area contributed by atoms with Crippen LogP contribution >= 0.6 is 22.7 Å². The van der Waals surface area contributed by atoms with Crippen LogP contribution < -0.4 is 5.73 Å².